The minimum atomic E-state index is 0.0580. The fourth-order valence-corrected chi connectivity index (χ4v) is 2.67. The predicted octanol–water partition coefficient (Wildman–Crippen LogP) is 0.0668. The van der Waals surface area contributed by atoms with Crippen molar-refractivity contribution in [3.63, 3.8) is 0 Å². The summed E-state index contributed by atoms with van der Waals surface area (Å²) in [5.41, 5.74) is 0. The Kier molecular flexibility index (Phi) is 4.58. The fourth-order valence-electron chi connectivity index (χ4n) is 2.67. The quantitative estimate of drug-likeness (QED) is 0.757. The molecule has 2 aliphatic heterocycles. The van der Waals surface area contributed by atoms with Crippen molar-refractivity contribution in [2.24, 2.45) is 5.92 Å². The number of rotatable bonds is 2. The zero-order valence-corrected chi connectivity index (χ0v) is 11.2. The molecule has 0 spiro atoms. The maximum Gasteiger partial charge on any atom is 0.241 e. The van der Waals surface area contributed by atoms with E-state index in [1.54, 1.807) is 16.8 Å². The van der Waals surface area contributed by atoms with Gasteiger partial charge in [0.1, 0.15) is 0 Å². The first-order chi connectivity index (χ1) is 8.66. The second-order valence-corrected chi connectivity index (χ2v) is 5.40. The minimum absolute atomic E-state index is 0.0580. The smallest absolute Gasteiger partial charge is 0.241 e. The van der Waals surface area contributed by atoms with E-state index in [2.05, 4.69) is 5.32 Å². The van der Waals surface area contributed by atoms with Gasteiger partial charge in [0.05, 0.1) is 6.54 Å². The lowest BCUT2D eigenvalue weighted by Gasteiger charge is -2.26. The van der Waals surface area contributed by atoms with Crippen molar-refractivity contribution in [2.45, 2.75) is 25.7 Å². The molecule has 2 rings (SSSR count). The predicted molar refractivity (Wildman–Crippen MR) is 69.0 cm³/mol. The zero-order valence-electron chi connectivity index (χ0n) is 11.2. The van der Waals surface area contributed by atoms with E-state index in [1.165, 1.54) is 0 Å². The Morgan fingerprint density at radius 2 is 2.22 bits per heavy atom. The molecular formula is C13H23N3O2. The van der Waals surface area contributed by atoms with Gasteiger partial charge in [0, 0.05) is 26.6 Å². The first kappa shape index (κ1) is 13.3. The molecule has 2 amide bonds. The Morgan fingerprint density at radius 1 is 1.39 bits per heavy atom. The lowest BCUT2D eigenvalue weighted by atomic mass is 9.95. The van der Waals surface area contributed by atoms with Crippen LogP contribution in [0.25, 0.3) is 0 Å². The molecule has 5 nitrogen and oxygen atoms in total. The highest BCUT2D eigenvalue weighted by Crippen LogP contribution is 2.16. The van der Waals surface area contributed by atoms with Gasteiger partial charge in [-0.2, -0.15) is 0 Å². The largest absolute Gasteiger partial charge is 0.344 e. The number of nitrogens with zero attached hydrogens (tertiary/aromatic N) is 2. The third-order valence-corrected chi connectivity index (χ3v) is 3.89. The van der Waals surface area contributed by atoms with Crippen molar-refractivity contribution in [1.29, 1.82) is 0 Å². The van der Waals surface area contributed by atoms with E-state index in [1.807, 2.05) is 0 Å². The van der Waals surface area contributed by atoms with E-state index in [4.69, 9.17) is 0 Å². The number of carbonyl (C=O) groups is 2. The molecule has 2 heterocycles. The molecule has 1 N–H and O–H groups in total. The van der Waals surface area contributed by atoms with E-state index in [9.17, 15) is 9.59 Å². The van der Waals surface area contributed by atoms with Crippen LogP contribution in [-0.2, 0) is 9.59 Å². The molecule has 0 aromatic heterocycles. The van der Waals surface area contributed by atoms with E-state index in [-0.39, 0.29) is 18.4 Å². The highest BCUT2D eigenvalue weighted by molar-refractivity contribution is 5.85. The van der Waals surface area contributed by atoms with Gasteiger partial charge < -0.3 is 15.1 Å². The topological polar surface area (TPSA) is 52.6 Å². The van der Waals surface area contributed by atoms with Gasteiger partial charge in [-0.1, -0.05) is 0 Å². The number of likely N-dealkylation sites (N-methyl/N-ethyl adjacent to an activating group) is 1. The highest BCUT2D eigenvalue weighted by atomic mass is 16.2. The first-order valence-corrected chi connectivity index (χ1v) is 6.89. The number of piperidine rings is 1. The molecule has 1 unspecified atom stereocenters. The van der Waals surface area contributed by atoms with Crippen molar-refractivity contribution in [1.82, 2.24) is 15.1 Å². The molecule has 0 bridgehead atoms. The van der Waals surface area contributed by atoms with Gasteiger partial charge >= 0.3 is 0 Å². The van der Waals surface area contributed by atoms with Crippen molar-refractivity contribution < 1.29 is 9.59 Å². The Balaban J connectivity index is 1.85. The van der Waals surface area contributed by atoms with Crippen molar-refractivity contribution in [3.05, 3.63) is 0 Å². The van der Waals surface area contributed by atoms with Gasteiger partial charge in [-0.15, -0.1) is 0 Å². The molecule has 0 aromatic carbocycles. The molecule has 18 heavy (non-hydrogen) atoms. The Labute approximate surface area is 108 Å². The summed E-state index contributed by atoms with van der Waals surface area (Å²) in [4.78, 5) is 27.4. The summed E-state index contributed by atoms with van der Waals surface area (Å²) in [6.45, 7) is 3.74. The van der Waals surface area contributed by atoms with Crippen LogP contribution in [0.5, 0.6) is 0 Å². The van der Waals surface area contributed by atoms with Crippen LogP contribution in [0.3, 0.4) is 0 Å². The standard InChI is InChI=1S/C13H23N3O2/c1-15-6-3-7-16(10-13(15)18)12(17)8-11-4-2-5-14-9-11/h11,14H,2-10H2,1H3. The summed E-state index contributed by atoms with van der Waals surface area (Å²) >= 11 is 0. The van der Waals surface area contributed by atoms with Crippen LogP contribution in [-0.4, -0.2) is 61.4 Å². The molecule has 2 saturated heterocycles. The Hall–Kier alpha value is -1.10. The zero-order chi connectivity index (χ0) is 13.0. The average Bonchev–Trinajstić information content (AvgIpc) is 2.53. The second-order valence-electron chi connectivity index (χ2n) is 5.40. The number of carbonyl (C=O) groups excluding carboxylic acids is 2. The molecule has 0 aromatic rings. The van der Waals surface area contributed by atoms with Crippen LogP contribution < -0.4 is 5.32 Å². The highest BCUT2D eigenvalue weighted by Gasteiger charge is 2.25. The summed E-state index contributed by atoms with van der Waals surface area (Å²) in [7, 11) is 1.81. The third kappa shape index (κ3) is 3.45. The van der Waals surface area contributed by atoms with Crippen molar-refractivity contribution in [3.8, 4) is 0 Å². The molecule has 1 atom stereocenters. The second kappa shape index (κ2) is 6.18. The maximum atomic E-state index is 12.2. The Bertz CT molecular complexity index is 313. The van der Waals surface area contributed by atoms with Gasteiger partial charge in [-0.3, -0.25) is 9.59 Å². The van der Waals surface area contributed by atoms with Crippen LogP contribution in [0.2, 0.25) is 0 Å². The summed E-state index contributed by atoms with van der Waals surface area (Å²) < 4.78 is 0. The molecule has 0 radical (unpaired) electrons. The maximum absolute atomic E-state index is 12.2. The van der Waals surface area contributed by atoms with Gasteiger partial charge in [-0.05, 0) is 38.3 Å². The fraction of sp³-hybridized carbons (Fsp3) is 0.846. The van der Waals surface area contributed by atoms with Crippen LogP contribution in [0, 0.1) is 5.92 Å². The summed E-state index contributed by atoms with van der Waals surface area (Å²) in [6.07, 6.45) is 3.75. The molecule has 5 heteroatoms. The third-order valence-electron chi connectivity index (χ3n) is 3.89. The van der Waals surface area contributed by atoms with Crippen LogP contribution >= 0.6 is 0 Å². The van der Waals surface area contributed by atoms with Crippen molar-refractivity contribution >= 4 is 11.8 Å². The minimum Gasteiger partial charge on any atom is -0.344 e. The molecule has 0 saturated carbocycles. The first-order valence-electron chi connectivity index (χ1n) is 6.89. The average molecular weight is 253 g/mol. The molecular weight excluding hydrogens is 230 g/mol. The van der Waals surface area contributed by atoms with Crippen LogP contribution in [0.4, 0.5) is 0 Å². The van der Waals surface area contributed by atoms with Crippen LogP contribution in [0.1, 0.15) is 25.7 Å². The SMILES string of the molecule is CN1CCCN(C(=O)CC2CCCNC2)CC1=O. The molecule has 2 aliphatic rings. The van der Waals surface area contributed by atoms with Crippen molar-refractivity contribution in [2.75, 3.05) is 39.8 Å². The lowest BCUT2D eigenvalue weighted by Crippen LogP contribution is -2.40. The van der Waals surface area contributed by atoms with Crippen LogP contribution in [0.15, 0.2) is 0 Å². The monoisotopic (exact) mass is 253 g/mol. The number of nitrogens with one attached hydrogen (secondary N) is 1. The lowest BCUT2D eigenvalue weighted by molar-refractivity contribution is -0.138. The van der Waals surface area contributed by atoms with Gasteiger partial charge in [-0.25, -0.2) is 0 Å². The normalized spacial score (nSPS) is 26.1. The molecule has 102 valence electrons. The molecule has 0 aliphatic carbocycles. The number of hydrogen-bond acceptors (Lipinski definition) is 3. The number of hydrogen-bond donors (Lipinski definition) is 1. The van der Waals surface area contributed by atoms with E-state index < -0.39 is 0 Å². The van der Waals surface area contributed by atoms with Gasteiger partial charge in [0.15, 0.2) is 0 Å². The van der Waals surface area contributed by atoms with E-state index in [0.717, 1.165) is 45.4 Å². The summed E-state index contributed by atoms with van der Waals surface area (Å²) in [6, 6.07) is 0. The number of amides is 2. The summed E-state index contributed by atoms with van der Waals surface area (Å²) in [5, 5.41) is 3.33. The molecule has 2 fully saturated rings. The summed E-state index contributed by atoms with van der Waals surface area (Å²) in [5.74, 6) is 0.650. The van der Waals surface area contributed by atoms with Gasteiger partial charge in [0.2, 0.25) is 11.8 Å². The van der Waals surface area contributed by atoms with E-state index >= 15 is 0 Å². The Morgan fingerprint density at radius 3 is 2.94 bits per heavy atom. The van der Waals surface area contributed by atoms with Gasteiger partial charge in [0.25, 0.3) is 0 Å². The van der Waals surface area contributed by atoms with E-state index in [0.29, 0.717) is 12.3 Å².